The van der Waals surface area contributed by atoms with Crippen LogP contribution in [-0.2, 0) is 4.79 Å². The number of carbonyl (C=O) groups excluding carboxylic acids is 2. The molecule has 2 amide bonds. The van der Waals surface area contributed by atoms with Gasteiger partial charge in [0.05, 0.1) is 0 Å². The third-order valence-electron chi connectivity index (χ3n) is 4.00. The summed E-state index contributed by atoms with van der Waals surface area (Å²) < 4.78 is 0.946. The van der Waals surface area contributed by atoms with Crippen LogP contribution in [0.3, 0.4) is 0 Å². The Labute approximate surface area is 152 Å². The fourth-order valence-electron chi connectivity index (χ4n) is 2.67. The molecular weight excluding hydrogens is 392 g/mol. The van der Waals surface area contributed by atoms with Crippen LogP contribution >= 0.6 is 27.3 Å². The molecule has 2 aromatic rings. The maximum atomic E-state index is 12.5. The van der Waals surface area contributed by atoms with E-state index in [4.69, 9.17) is 0 Å². The zero-order valence-electron chi connectivity index (χ0n) is 13.2. The normalized spacial score (nSPS) is 15.3. The molecule has 0 unspecified atom stereocenters. The molecule has 1 aliphatic rings. The van der Waals surface area contributed by atoms with Gasteiger partial charge in [0.15, 0.2) is 0 Å². The lowest BCUT2D eigenvalue weighted by atomic mass is 9.95. The second kappa shape index (κ2) is 7.40. The molecule has 0 saturated carbocycles. The Hall–Kier alpha value is -1.80. The molecule has 0 aliphatic carbocycles. The van der Waals surface area contributed by atoms with E-state index in [1.807, 2.05) is 36.1 Å². The summed E-state index contributed by atoms with van der Waals surface area (Å²) in [5.74, 6) is -0.119. The number of nitrogens with zero attached hydrogens (tertiary/aromatic N) is 3. The number of hydrogen-bond donors (Lipinski definition) is 1. The summed E-state index contributed by atoms with van der Waals surface area (Å²) in [6.07, 6.45) is 1.32. The number of anilines is 1. The molecule has 0 radical (unpaired) electrons. The molecule has 3 rings (SSSR count). The van der Waals surface area contributed by atoms with E-state index in [9.17, 15) is 9.59 Å². The van der Waals surface area contributed by atoms with Gasteiger partial charge in [-0.1, -0.05) is 27.3 Å². The number of hydrogen-bond acceptors (Lipinski definition) is 5. The molecule has 0 spiro atoms. The largest absolute Gasteiger partial charge is 0.339 e. The predicted molar refractivity (Wildman–Crippen MR) is 96.0 cm³/mol. The fourth-order valence-corrected chi connectivity index (χ4v) is 3.53. The second-order valence-corrected chi connectivity index (χ2v) is 7.79. The van der Waals surface area contributed by atoms with E-state index < -0.39 is 0 Å². The number of carbonyl (C=O) groups is 2. The van der Waals surface area contributed by atoms with Gasteiger partial charge in [0.25, 0.3) is 5.91 Å². The van der Waals surface area contributed by atoms with Crippen LogP contribution in [0.15, 0.2) is 28.7 Å². The summed E-state index contributed by atoms with van der Waals surface area (Å²) in [6, 6.07) is 7.33. The van der Waals surface area contributed by atoms with Gasteiger partial charge < -0.3 is 10.2 Å². The molecule has 2 heterocycles. The lowest BCUT2D eigenvalue weighted by Gasteiger charge is -2.31. The maximum Gasteiger partial charge on any atom is 0.253 e. The highest BCUT2D eigenvalue weighted by Gasteiger charge is 2.28. The molecule has 1 N–H and O–H groups in total. The fraction of sp³-hybridized carbons (Fsp3) is 0.375. The summed E-state index contributed by atoms with van der Waals surface area (Å²) in [6.45, 7) is 3.02. The number of amides is 2. The van der Waals surface area contributed by atoms with Crippen LogP contribution in [0.2, 0.25) is 0 Å². The summed E-state index contributed by atoms with van der Waals surface area (Å²) in [5.41, 5.74) is 0.672. The highest BCUT2D eigenvalue weighted by molar-refractivity contribution is 9.10. The number of benzene rings is 1. The third-order valence-corrected chi connectivity index (χ3v) is 5.28. The van der Waals surface area contributed by atoms with Gasteiger partial charge in [-0.05, 0) is 44.0 Å². The Morgan fingerprint density at radius 1 is 1.21 bits per heavy atom. The van der Waals surface area contributed by atoms with Crippen molar-refractivity contribution in [2.24, 2.45) is 5.92 Å². The molecule has 1 aliphatic heterocycles. The average Bonchev–Trinajstić information content (AvgIpc) is 3.00. The van der Waals surface area contributed by atoms with E-state index in [1.165, 1.54) is 11.3 Å². The molecule has 1 saturated heterocycles. The van der Waals surface area contributed by atoms with E-state index in [2.05, 4.69) is 31.4 Å². The van der Waals surface area contributed by atoms with Crippen molar-refractivity contribution in [2.75, 3.05) is 18.4 Å². The molecule has 1 aromatic carbocycles. The van der Waals surface area contributed by atoms with E-state index in [-0.39, 0.29) is 17.7 Å². The highest BCUT2D eigenvalue weighted by Crippen LogP contribution is 2.22. The Morgan fingerprint density at radius 3 is 2.46 bits per heavy atom. The molecule has 6 nitrogen and oxygen atoms in total. The maximum absolute atomic E-state index is 12.5. The van der Waals surface area contributed by atoms with Crippen molar-refractivity contribution >= 4 is 44.2 Å². The molecule has 24 heavy (non-hydrogen) atoms. The number of aromatic nitrogens is 2. The van der Waals surface area contributed by atoms with E-state index in [1.54, 1.807) is 0 Å². The van der Waals surface area contributed by atoms with Crippen LogP contribution in [-0.4, -0.2) is 40.0 Å². The van der Waals surface area contributed by atoms with Crippen LogP contribution in [0, 0.1) is 12.8 Å². The molecular formula is C16H17BrN4O2S. The predicted octanol–water partition coefficient (Wildman–Crippen LogP) is 3.10. The lowest BCUT2D eigenvalue weighted by molar-refractivity contribution is -0.121. The van der Waals surface area contributed by atoms with Crippen LogP contribution in [0.25, 0.3) is 0 Å². The van der Waals surface area contributed by atoms with Crippen molar-refractivity contribution in [3.05, 3.63) is 39.3 Å². The first-order valence-electron chi connectivity index (χ1n) is 7.69. The zero-order valence-corrected chi connectivity index (χ0v) is 15.6. The standard InChI is InChI=1S/C16H17BrN4O2S/c1-10-19-20-16(24-10)18-14(22)11-6-8-21(9-7-11)15(23)12-2-4-13(17)5-3-12/h2-5,11H,6-9H2,1H3,(H,18,20,22). The van der Waals surface area contributed by atoms with Gasteiger partial charge in [-0.25, -0.2) is 0 Å². The SMILES string of the molecule is Cc1nnc(NC(=O)C2CCN(C(=O)c3ccc(Br)cc3)CC2)s1. The number of nitrogens with one attached hydrogen (secondary N) is 1. The summed E-state index contributed by atoms with van der Waals surface area (Å²) in [5, 5.41) is 12.0. The average molecular weight is 409 g/mol. The van der Waals surface area contributed by atoms with E-state index in [0.717, 1.165) is 9.48 Å². The first kappa shape index (κ1) is 17.0. The molecule has 126 valence electrons. The van der Waals surface area contributed by atoms with Gasteiger partial charge in [-0.2, -0.15) is 0 Å². The van der Waals surface area contributed by atoms with Gasteiger partial charge in [0.2, 0.25) is 11.0 Å². The third kappa shape index (κ3) is 3.99. The number of aryl methyl sites for hydroxylation is 1. The molecule has 1 fully saturated rings. The van der Waals surface area contributed by atoms with Gasteiger partial charge in [-0.3, -0.25) is 9.59 Å². The Balaban J connectivity index is 1.54. The zero-order chi connectivity index (χ0) is 17.1. The van der Waals surface area contributed by atoms with Crippen LogP contribution in [0.1, 0.15) is 28.2 Å². The lowest BCUT2D eigenvalue weighted by Crippen LogP contribution is -2.41. The van der Waals surface area contributed by atoms with Gasteiger partial charge in [0.1, 0.15) is 5.01 Å². The molecule has 0 bridgehead atoms. The Bertz CT molecular complexity index is 739. The molecule has 1 aromatic heterocycles. The van der Waals surface area contributed by atoms with Gasteiger partial charge >= 0.3 is 0 Å². The number of halogens is 1. The van der Waals surface area contributed by atoms with Crippen molar-refractivity contribution in [3.63, 3.8) is 0 Å². The Morgan fingerprint density at radius 2 is 1.88 bits per heavy atom. The van der Waals surface area contributed by atoms with Crippen molar-refractivity contribution < 1.29 is 9.59 Å². The van der Waals surface area contributed by atoms with Crippen molar-refractivity contribution in [3.8, 4) is 0 Å². The smallest absolute Gasteiger partial charge is 0.253 e. The number of likely N-dealkylation sites (tertiary alicyclic amines) is 1. The summed E-state index contributed by atoms with van der Waals surface area (Å²) in [4.78, 5) is 26.6. The minimum absolute atomic E-state index is 0.0149. The summed E-state index contributed by atoms with van der Waals surface area (Å²) >= 11 is 4.73. The van der Waals surface area contributed by atoms with Crippen LogP contribution < -0.4 is 5.32 Å². The van der Waals surface area contributed by atoms with Gasteiger partial charge in [0, 0.05) is 29.0 Å². The molecule has 8 heteroatoms. The minimum Gasteiger partial charge on any atom is -0.339 e. The minimum atomic E-state index is -0.0943. The van der Waals surface area contributed by atoms with Gasteiger partial charge in [-0.15, -0.1) is 10.2 Å². The number of rotatable bonds is 3. The van der Waals surface area contributed by atoms with Crippen LogP contribution in [0.5, 0.6) is 0 Å². The van der Waals surface area contributed by atoms with Crippen molar-refractivity contribution in [2.45, 2.75) is 19.8 Å². The second-order valence-electron chi connectivity index (χ2n) is 5.69. The first-order valence-corrected chi connectivity index (χ1v) is 9.29. The highest BCUT2D eigenvalue weighted by atomic mass is 79.9. The van der Waals surface area contributed by atoms with Crippen molar-refractivity contribution in [1.29, 1.82) is 0 Å². The van der Waals surface area contributed by atoms with Crippen LogP contribution in [0.4, 0.5) is 5.13 Å². The monoisotopic (exact) mass is 408 g/mol. The first-order chi connectivity index (χ1) is 11.5. The summed E-state index contributed by atoms with van der Waals surface area (Å²) in [7, 11) is 0. The Kier molecular flexibility index (Phi) is 5.25. The van der Waals surface area contributed by atoms with E-state index >= 15 is 0 Å². The van der Waals surface area contributed by atoms with E-state index in [0.29, 0.717) is 36.6 Å². The molecule has 0 atom stereocenters. The topological polar surface area (TPSA) is 75.2 Å². The van der Waals surface area contributed by atoms with Crippen molar-refractivity contribution in [1.82, 2.24) is 15.1 Å². The quantitative estimate of drug-likeness (QED) is 0.846. The number of piperidine rings is 1.